The molecule has 0 bridgehead atoms. The predicted octanol–water partition coefficient (Wildman–Crippen LogP) is 5.02. The maximum absolute atomic E-state index is 13.2. The van der Waals surface area contributed by atoms with E-state index < -0.39 is 12.7 Å². The lowest BCUT2D eigenvalue weighted by Crippen LogP contribution is -2.45. The van der Waals surface area contributed by atoms with Crippen molar-refractivity contribution >= 4 is 27.8 Å². The van der Waals surface area contributed by atoms with Crippen molar-refractivity contribution in [3.8, 4) is 11.5 Å². The molecule has 1 amide bonds. The number of hydrogen-bond acceptors (Lipinski definition) is 3. The van der Waals surface area contributed by atoms with Crippen molar-refractivity contribution in [3.63, 3.8) is 0 Å². The molecule has 1 atom stereocenters. The van der Waals surface area contributed by atoms with Gasteiger partial charge in [-0.3, -0.25) is 4.79 Å². The van der Waals surface area contributed by atoms with E-state index >= 15 is 0 Å². The van der Waals surface area contributed by atoms with Gasteiger partial charge in [0.15, 0.2) is 5.82 Å². The van der Waals surface area contributed by atoms with Crippen molar-refractivity contribution in [2.45, 2.75) is 51.6 Å². The molecule has 0 unspecified atom stereocenters. The smallest absolute Gasteiger partial charge is 0.254 e. The van der Waals surface area contributed by atoms with Crippen LogP contribution in [0.5, 0.6) is 0 Å². The minimum atomic E-state index is -0.648. The van der Waals surface area contributed by atoms with Crippen LogP contribution in [-0.4, -0.2) is 50.7 Å². The summed E-state index contributed by atoms with van der Waals surface area (Å²) < 4.78 is 17.6. The highest BCUT2D eigenvalue weighted by Gasteiger charge is 2.29. The highest BCUT2D eigenvalue weighted by Crippen LogP contribution is 2.37. The molecule has 6 nitrogen and oxygen atoms in total. The lowest BCUT2D eigenvalue weighted by atomic mass is 9.97. The summed E-state index contributed by atoms with van der Waals surface area (Å²) in [6.45, 7) is 5.63. The van der Waals surface area contributed by atoms with E-state index in [0.717, 1.165) is 47.0 Å². The molecule has 0 saturated heterocycles. The average molecular weight is 488 g/mol. The van der Waals surface area contributed by atoms with Crippen LogP contribution in [0.15, 0.2) is 36.4 Å². The number of nitrogens with two attached hydrogens (primary N) is 1. The summed E-state index contributed by atoms with van der Waals surface area (Å²) in [6.07, 6.45) is 3.29. The molecule has 7 heteroatoms. The fraction of sp³-hybridized carbons (Fsp3) is 0.448. The molecule has 1 aliphatic heterocycles. The molecule has 2 N–H and O–H groups in total. The monoisotopic (exact) mass is 487 g/mol. The van der Waals surface area contributed by atoms with E-state index in [2.05, 4.69) is 60.4 Å². The van der Waals surface area contributed by atoms with Crippen molar-refractivity contribution in [1.29, 1.82) is 0 Å². The number of nitrogens with zero attached hydrogens (tertiary/aromatic N) is 4. The topological polar surface area (TPSA) is 69.1 Å². The molecule has 4 aromatic rings. The number of carbonyl (C=O) groups is 1. The lowest BCUT2D eigenvalue weighted by molar-refractivity contribution is 0.0725. The summed E-state index contributed by atoms with van der Waals surface area (Å²) in [5.41, 5.74) is 13.0. The van der Waals surface area contributed by atoms with Gasteiger partial charge in [-0.25, -0.2) is 9.37 Å². The molecule has 6 rings (SSSR count). The SMILES string of the molecule is CC(C)c1ccc2cc(-c3nc4cc5c(cc4n3C)CCN(C[C@H](N)CF)C5=O)n(CC3CC3)c2c1. The van der Waals surface area contributed by atoms with E-state index in [1.165, 1.54) is 29.3 Å². The molecule has 36 heavy (non-hydrogen) atoms. The average Bonchev–Trinajstić information content (AvgIpc) is 3.55. The molecule has 2 aliphatic rings. The number of alkyl halides is 1. The van der Waals surface area contributed by atoms with Crippen LogP contribution in [0.25, 0.3) is 33.5 Å². The van der Waals surface area contributed by atoms with Crippen LogP contribution >= 0.6 is 0 Å². The van der Waals surface area contributed by atoms with Crippen molar-refractivity contribution < 1.29 is 9.18 Å². The van der Waals surface area contributed by atoms with Gasteiger partial charge < -0.3 is 19.8 Å². The maximum Gasteiger partial charge on any atom is 0.254 e. The molecule has 1 saturated carbocycles. The summed E-state index contributed by atoms with van der Waals surface area (Å²) >= 11 is 0. The first-order chi connectivity index (χ1) is 17.3. The minimum absolute atomic E-state index is 0.0849. The van der Waals surface area contributed by atoms with Crippen LogP contribution < -0.4 is 5.73 Å². The highest BCUT2D eigenvalue weighted by molar-refractivity contribution is 6.00. The Balaban J connectivity index is 1.46. The number of imidazole rings is 1. The number of halogens is 1. The summed E-state index contributed by atoms with van der Waals surface area (Å²) in [5, 5.41) is 1.23. The number of benzene rings is 2. The third-order valence-electron chi connectivity index (χ3n) is 7.89. The van der Waals surface area contributed by atoms with Gasteiger partial charge in [-0.15, -0.1) is 0 Å². The standard InChI is InChI=1S/C29H34FN5O/c1-17(2)19-6-7-21-12-27(35(25(21)10-19)15-18-4-5-18)28-32-24-13-23-20(11-26(24)33(28)3)8-9-34(29(23)36)16-22(31)14-30/h6-7,10-13,17-18,22H,4-5,8-9,14-16,31H2,1-3H3/t22-/m1/s1. The second kappa shape index (κ2) is 8.73. The lowest BCUT2D eigenvalue weighted by Gasteiger charge is -2.30. The van der Waals surface area contributed by atoms with Crippen LogP contribution in [0, 0.1) is 5.92 Å². The first-order valence-corrected chi connectivity index (χ1v) is 13.1. The van der Waals surface area contributed by atoms with E-state index in [4.69, 9.17) is 10.7 Å². The molecule has 0 spiro atoms. The fourth-order valence-electron chi connectivity index (χ4n) is 5.52. The Hall–Kier alpha value is -3.19. The number of aryl methyl sites for hydroxylation is 1. The number of amides is 1. The number of aromatic nitrogens is 3. The highest BCUT2D eigenvalue weighted by atomic mass is 19.1. The Morgan fingerprint density at radius 3 is 2.67 bits per heavy atom. The number of rotatable bonds is 7. The van der Waals surface area contributed by atoms with E-state index in [9.17, 15) is 9.18 Å². The van der Waals surface area contributed by atoms with Crippen molar-refractivity contribution in [2.24, 2.45) is 18.7 Å². The van der Waals surface area contributed by atoms with Crippen LogP contribution in [0.1, 0.15) is 54.1 Å². The second-order valence-corrected chi connectivity index (χ2v) is 11.0. The van der Waals surface area contributed by atoms with Gasteiger partial charge >= 0.3 is 0 Å². The van der Waals surface area contributed by atoms with Crippen molar-refractivity contribution in [3.05, 3.63) is 53.1 Å². The Kier molecular flexibility index (Phi) is 5.63. The van der Waals surface area contributed by atoms with Gasteiger partial charge in [0.1, 0.15) is 6.67 Å². The van der Waals surface area contributed by atoms with Gasteiger partial charge in [0.05, 0.1) is 22.8 Å². The Labute approximate surface area is 210 Å². The van der Waals surface area contributed by atoms with Crippen LogP contribution in [-0.2, 0) is 20.0 Å². The first-order valence-electron chi connectivity index (χ1n) is 13.1. The zero-order valence-corrected chi connectivity index (χ0v) is 21.3. The van der Waals surface area contributed by atoms with Gasteiger partial charge in [-0.2, -0.15) is 0 Å². The van der Waals surface area contributed by atoms with E-state index in [1.807, 2.05) is 6.07 Å². The van der Waals surface area contributed by atoms with Gasteiger partial charge in [-0.05, 0) is 66.5 Å². The minimum Gasteiger partial charge on any atom is -0.338 e. The Bertz CT molecular complexity index is 1480. The normalized spacial score (nSPS) is 16.9. The quantitative estimate of drug-likeness (QED) is 0.398. The molecular formula is C29H34FN5O. The number of hydrogen-bond donors (Lipinski definition) is 1. The zero-order valence-electron chi connectivity index (χ0n) is 21.3. The van der Waals surface area contributed by atoms with E-state index in [0.29, 0.717) is 18.0 Å². The van der Waals surface area contributed by atoms with Crippen molar-refractivity contribution in [1.82, 2.24) is 19.0 Å². The molecule has 188 valence electrons. The molecule has 0 radical (unpaired) electrons. The van der Waals surface area contributed by atoms with E-state index in [-0.39, 0.29) is 12.5 Å². The first kappa shape index (κ1) is 23.2. The summed E-state index contributed by atoms with van der Waals surface area (Å²) in [6, 6.07) is 12.4. The molecule has 2 aromatic carbocycles. The maximum atomic E-state index is 13.2. The van der Waals surface area contributed by atoms with Gasteiger partial charge in [0.25, 0.3) is 5.91 Å². The number of fused-ring (bicyclic) bond motifs is 3. The fourth-order valence-corrected chi connectivity index (χ4v) is 5.52. The largest absolute Gasteiger partial charge is 0.338 e. The third-order valence-corrected chi connectivity index (χ3v) is 7.89. The second-order valence-electron chi connectivity index (χ2n) is 11.0. The number of carbonyl (C=O) groups excluding carboxylic acids is 1. The molecule has 3 heterocycles. The van der Waals surface area contributed by atoms with Gasteiger partial charge in [0, 0.05) is 43.1 Å². The Morgan fingerprint density at radius 2 is 1.94 bits per heavy atom. The summed E-state index contributed by atoms with van der Waals surface area (Å²) in [7, 11) is 2.06. The van der Waals surface area contributed by atoms with Crippen LogP contribution in [0.2, 0.25) is 0 Å². The molecule has 1 aliphatic carbocycles. The van der Waals surface area contributed by atoms with Crippen LogP contribution in [0.3, 0.4) is 0 Å². The van der Waals surface area contributed by atoms with Gasteiger partial charge in [-0.1, -0.05) is 26.0 Å². The van der Waals surface area contributed by atoms with Crippen LogP contribution in [0.4, 0.5) is 4.39 Å². The van der Waals surface area contributed by atoms with E-state index in [1.54, 1.807) is 4.90 Å². The summed E-state index contributed by atoms with van der Waals surface area (Å²) in [4.78, 5) is 19.9. The third kappa shape index (κ3) is 3.90. The predicted molar refractivity (Wildman–Crippen MR) is 142 cm³/mol. The zero-order chi connectivity index (χ0) is 25.1. The molecular weight excluding hydrogens is 453 g/mol. The summed E-state index contributed by atoms with van der Waals surface area (Å²) in [5.74, 6) is 2.03. The van der Waals surface area contributed by atoms with Crippen molar-refractivity contribution in [2.75, 3.05) is 19.8 Å². The van der Waals surface area contributed by atoms with Gasteiger partial charge in [0.2, 0.25) is 0 Å². The molecule has 2 aromatic heterocycles. The Morgan fingerprint density at radius 1 is 1.14 bits per heavy atom. The molecule has 1 fully saturated rings.